The number of thiazole rings is 1. The third-order valence-electron chi connectivity index (χ3n) is 4.23. The van der Waals surface area contributed by atoms with E-state index < -0.39 is 38.3 Å². The van der Waals surface area contributed by atoms with Gasteiger partial charge in [-0.05, 0) is 18.2 Å². The van der Waals surface area contributed by atoms with Crippen LogP contribution < -0.4 is 14.6 Å². The Labute approximate surface area is 174 Å². The van der Waals surface area contributed by atoms with Crippen molar-refractivity contribution in [1.82, 2.24) is 9.55 Å². The van der Waals surface area contributed by atoms with Crippen molar-refractivity contribution in [2.75, 3.05) is 10.0 Å². The number of imidazole rings is 1. The van der Waals surface area contributed by atoms with E-state index in [0.717, 1.165) is 35.4 Å². The number of carboxylic acid groups (broad SMARTS) is 1. The van der Waals surface area contributed by atoms with Gasteiger partial charge in [-0.25, -0.2) is 31.7 Å². The fraction of sp³-hybridized carbons (Fsp3) is 0.176. The summed E-state index contributed by atoms with van der Waals surface area (Å²) >= 11 is 0.782. The molecule has 158 valence electrons. The van der Waals surface area contributed by atoms with Gasteiger partial charge in [0.2, 0.25) is 0 Å². The number of carbonyl (C=O) groups is 2. The number of nitrogens with zero attached hydrogens (tertiary/aromatic N) is 3. The molecule has 0 aliphatic carbocycles. The first kappa shape index (κ1) is 21.4. The minimum Gasteiger partial charge on any atom is -0.476 e. The van der Waals surface area contributed by atoms with Crippen LogP contribution in [0.1, 0.15) is 16.3 Å². The summed E-state index contributed by atoms with van der Waals surface area (Å²) in [7, 11) is -2.44. The normalized spacial score (nSPS) is 11.3. The highest BCUT2D eigenvalue weighted by Gasteiger charge is 2.22. The minimum atomic E-state index is -4.26. The molecule has 0 saturated carbocycles. The lowest BCUT2D eigenvalue weighted by atomic mass is 10.3. The summed E-state index contributed by atoms with van der Waals surface area (Å²) in [5.41, 5.74) is 0.534. The Kier molecular flexibility index (Phi) is 5.85. The first-order chi connectivity index (χ1) is 14.1. The van der Waals surface area contributed by atoms with Crippen LogP contribution in [0.5, 0.6) is 0 Å². The van der Waals surface area contributed by atoms with E-state index in [0.29, 0.717) is 0 Å². The Hall–Kier alpha value is -3.32. The molecule has 0 bridgehead atoms. The van der Waals surface area contributed by atoms with Gasteiger partial charge < -0.3 is 10.4 Å². The number of carboxylic acids is 1. The fourth-order valence-corrected chi connectivity index (χ4v) is 4.53. The van der Waals surface area contributed by atoms with Gasteiger partial charge in [0, 0.05) is 6.92 Å². The molecule has 0 spiro atoms. The van der Waals surface area contributed by atoms with Gasteiger partial charge in [-0.2, -0.15) is 0 Å². The number of nitrogens with one attached hydrogen (secondary N) is 2. The molecule has 13 heteroatoms. The topological polar surface area (TPSA) is 134 Å². The number of sulfonamides is 1. The number of aryl methyl sites for hydroxylation is 1. The molecule has 30 heavy (non-hydrogen) atoms. The van der Waals surface area contributed by atoms with Crippen LogP contribution >= 0.6 is 11.3 Å². The quantitative estimate of drug-likeness (QED) is 0.462. The molecule has 0 radical (unpaired) electrons. The maximum Gasteiger partial charge on any atom is 0.357 e. The lowest BCUT2D eigenvalue weighted by Gasteiger charge is -2.10. The average molecular weight is 454 g/mol. The molecule has 1 aromatic carbocycles. The summed E-state index contributed by atoms with van der Waals surface area (Å²) in [4.78, 5) is 26.4. The lowest BCUT2D eigenvalue weighted by molar-refractivity contribution is -0.677. The lowest BCUT2D eigenvalue weighted by Crippen LogP contribution is -2.31. The maximum atomic E-state index is 14.4. The molecule has 0 aliphatic heterocycles. The Balaban J connectivity index is 1.75. The molecule has 3 N–H and O–H groups in total. The number of carbonyl (C=O) groups excluding carboxylic acids is 1. The Morgan fingerprint density at radius 1 is 1.37 bits per heavy atom. The highest BCUT2D eigenvalue weighted by atomic mass is 32.2. The molecule has 3 rings (SSSR count). The van der Waals surface area contributed by atoms with Gasteiger partial charge in [-0.15, -0.1) is 11.3 Å². The summed E-state index contributed by atoms with van der Waals surface area (Å²) in [6.45, 7) is 1.77. The molecular weight excluding hydrogens is 437 g/mol. The SMILES string of the molecule is Cc1n(CC(=O)Nc2ccc(S(=O)(=O)Nc3scnc3C(=O)O)cc2F)cc[n+]1C. The molecule has 1 amide bonds. The van der Waals surface area contributed by atoms with Crippen molar-refractivity contribution < 1.29 is 32.1 Å². The zero-order valence-corrected chi connectivity index (χ0v) is 17.4. The third-order valence-corrected chi connectivity index (χ3v) is 6.45. The van der Waals surface area contributed by atoms with Crippen LogP contribution in [-0.2, 0) is 28.4 Å². The van der Waals surface area contributed by atoms with E-state index >= 15 is 0 Å². The first-order valence-electron chi connectivity index (χ1n) is 8.39. The Morgan fingerprint density at radius 3 is 2.70 bits per heavy atom. The summed E-state index contributed by atoms with van der Waals surface area (Å²) < 4.78 is 44.9. The first-order valence-corrected chi connectivity index (χ1v) is 10.7. The molecule has 0 unspecified atom stereocenters. The summed E-state index contributed by atoms with van der Waals surface area (Å²) in [5.74, 6) is -2.02. The molecule has 0 fully saturated rings. The standard InChI is InChI=1S/C17H16FN5O5S2/c1-10-22(2)5-6-23(10)8-14(24)20-13-4-3-11(7-12(13)18)30(27,28)21-16-15(17(25)26)19-9-29-16/h3-7,9,21H,8H2,1-2H3,(H-,20,24,25,26)/p+1. The van der Waals surface area contributed by atoms with E-state index in [1.165, 1.54) is 5.51 Å². The van der Waals surface area contributed by atoms with E-state index in [1.54, 1.807) is 17.0 Å². The average Bonchev–Trinajstić information content (AvgIpc) is 3.24. The number of hydrogen-bond donors (Lipinski definition) is 3. The van der Waals surface area contributed by atoms with Crippen LogP contribution in [0.25, 0.3) is 0 Å². The van der Waals surface area contributed by atoms with E-state index in [1.807, 2.05) is 18.5 Å². The smallest absolute Gasteiger partial charge is 0.357 e. The second-order valence-electron chi connectivity index (χ2n) is 6.21. The molecule has 2 heterocycles. The van der Waals surface area contributed by atoms with Crippen LogP contribution in [0.15, 0.2) is 41.0 Å². The predicted molar refractivity (Wildman–Crippen MR) is 105 cm³/mol. The second kappa shape index (κ2) is 8.20. The Morgan fingerprint density at radius 2 is 2.10 bits per heavy atom. The second-order valence-corrected chi connectivity index (χ2v) is 8.75. The monoisotopic (exact) mass is 454 g/mol. The van der Waals surface area contributed by atoms with Gasteiger partial charge in [0.05, 0.1) is 23.1 Å². The van der Waals surface area contributed by atoms with Gasteiger partial charge in [-0.1, -0.05) is 0 Å². The van der Waals surface area contributed by atoms with Gasteiger partial charge in [0.1, 0.15) is 23.2 Å². The van der Waals surface area contributed by atoms with Gasteiger partial charge in [0.25, 0.3) is 21.8 Å². The maximum absolute atomic E-state index is 14.4. The van der Waals surface area contributed by atoms with Crippen molar-refractivity contribution in [2.24, 2.45) is 7.05 Å². The molecule has 3 aromatic rings. The van der Waals surface area contributed by atoms with Crippen LogP contribution in [0.3, 0.4) is 0 Å². The van der Waals surface area contributed by atoms with Crippen molar-refractivity contribution in [3.63, 3.8) is 0 Å². The zero-order valence-electron chi connectivity index (χ0n) is 15.8. The van der Waals surface area contributed by atoms with Gasteiger partial charge in [-0.3, -0.25) is 9.52 Å². The minimum absolute atomic E-state index is 0.0446. The summed E-state index contributed by atoms with van der Waals surface area (Å²) in [6.07, 6.45) is 3.48. The van der Waals surface area contributed by atoms with Crippen molar-refractivity contribution in [1.29, 1.82) is 0 Å². The molecule has 10 nitrogen and oxygen atoms in total. The highest BCUT2D eigenvalue weighted by molar-refractivity contribution is 7.93. The summed E-state index contributed by atoms with van der Waals surface area (Å²) in [5, 5.41) is 11.2. The molecule has 0 saturated heterocycles. The van der Waals surface area contributed by atoms with Gasteiger partial charge >= 0.3 is 5.97 Å². The summed E-state index contributed by atoms with van der Waals surface area (Å²) in [6, 6.07) is 2.96. The van der Waals surface area contributed by atoms with Gasteiger partial charge in [0.15, 0.2) is 12.2 Å². The number of amides is 1. The van der Waals surface area contributed by atoms with Crippen LogP contribution in [0, 0.1) is 12.7 Å². The number of aromatic carboxylic acids is 1. The predicted octanol–water partition coefficient (Wildman–Crippen LogP) is 1.35. The molecule has 0 atom stereocenters. The van der Waals surface area contributed by atoms with E-state index in [9.17, 15) is 22.4 Å². The van der Waals surface area contributed by atoms with Crippen molar-refractivity contribution in [3.05, 3.63) is 53.4 Å². The molecule has 2 aromatic heterocycles. The van der Waals surface area contributed by atoms with Crippen LogP contribution in [0.2, 0.25) is 0 Å². The van der Waals surface area contributed by atoms with Crippen LogP contribution in [-0.4, -0.2) is 35.0 Å². The van der Waals surface area contributed by atoms with Crippen molar-refractivity contribution in [3.8, 4) is 0 Å². The van der Waals surface area contributed by atoms with Crippen molar-refractivity contribution >= 4 is 43.9 Å². The van der Waals surface area contributed by atoms with E-state index in [2.05, 4.69) is 15.0 Å². The number of hydrogen-bond acceptors (Lipinski definition) is 6. The number of rotatable bonds is 7. The highest BCUT2D eigenvalue weighted by Crippen LogP contribution is 2.25. The van der Waals surface area contributed by atoms with E-state index in [4.69, 9.17) is 5.11 Å². The Bertz CT molecular complexity index is 1240. The van der Waals surface area contributed by atoms with Crippen LogP contribution in [0.4, 0.5) is 15.1 Å². The molecule has 0 aliphatic rings. The number of anilines is 2. The zero-order chi connectivity index (χ0) is 22.1. The molecular formula is C17H17FN5O5S2+. The number of aromatic nitrogens is 3. The number of benzene rings is 1. The number of halogens is 1. The van der Waals surface area contributed by atoms with E-state index in [-0.39, 0.29) is 17.2 Å². The van der Waals surface area contributed by atoms with Crippen molar-refractivity contribution in [2.45, 2.75) is 18.4 Å². The largest absolute Gasteiger partial charge is 0.476 e. The fourth-order valence-electron chi connectivity index (χ4n) is 2.53. The third kappa shape index (κ3) is 4.46.